The first-order chi connectivity index (χ1) is 9.34. The van der Waals surface area contributed by atoms with E-state index in [1.807, 2.05) is 13.0 Å². The summed E-state index contributed by atoms with van der Waals surface area (Å²) in [6, 6.07) is 10.7. The highest BCUT2D eigenvalue weighted by molar-refractivity contribution is 14.1. The van der Waals surface area contributed by atoms with Gasteiger partial charge >= 0.3 is 5.95 Å². The highest BCUT2D eigenvalue weighted by Gasteiger charge is 2.02. The zero-order valence-corrected chi connectivity index (χ0v) is 13.6. The number of alkyl halides is 1. The minimum absolute atomic E-state index is 0.178. The number of aryl methyl sites for hydroxylation is 1. The number of benzene rings is 1. The second-order valence-corrected chi connectivity index (χ2v) is 5.94. The lowest BCUT2D eigenvalue weighted by Crippen LogP contribution is -2.34. The van der Waals surface area contributed by atoms with Crippen molar-refractivity contribution in [1.82, 2.24) is 0 Å². The summed E-state index contributed by atoms with van der Waals surface area (Å²) >= 11 is 2.10. The Bertz CT molecular complexity index is 660. The van der Waals surface area contributed by atoms with Crippen LogP contribution in [0.15, 0.2) is 53.6 Å². The van der Waals surface area contributed by atoms with Crippen molar-refractivity contribution >= 4 is 32.7 Å². The number of hydrogen-bond donors (Lipinski definition) is 0. The molecule has 0 radical (unpaired) electrons. The van der Waals surface area contributed by atoms with Gasteiger partial charge in [-0.3, -0.25) is 0 Å². The van der Waals surface area contributed by atoms with E-state index in [1.165, 1.54) is 22.8 Å². The van der Waals surface area contributed by atoms with Gasteiger partial charge in [0.1, 0.15) is 10.1 Å². The monoisotopic (exact) mass is 409 g/mol. The van der Waals surface area contributed by atoms with Crippen LogP contribution >= 0.6 is 22.6 Å². The van der Waals surface area contributed by atoms with Crippen LogP contribution in [0.25, 0.3) is 0 Å². The standard InChI is InChI=1S/C7H8O3S.C6H6FIN/c1-6-2-4-7(5-3-6)11(8,9)10;7-6-3-1-2-4-9(6)5-8/h2-5H,1H3,(H,8,9,10);1-4H,5H2/q;+1/p-1. The number of pyridine rings is 1. The average molecular weight is 409 g/mol. The van der Waals surface area contributed by atoms with E-state index in [-0.39, 0.29) is 10.8 Å². The van der Waals surface area contributed by atoms with Gasteiger partial charge in [0.25, 0.3) is 0 Å². The fourth-order valence-corrected chi connectivity index (χ4v) is 2.28. The van der Waals surface area contributed by atoms with Crippen molar-refractivity contribution in [3.05, 3.63) is 60.2 Å². The van der Waals surface area contributed by atoms with E-state index in [0.717, 1.165) is 5.56 Å². The van der Waals surface area contributed by atoms with Crippen molar-refractivity contribution in [3.63, 3.8) is 0 Å². The van der Waals surface area contributed by atoms with Crippen molar-refractivity contribution < 1.29 is 21.9 Å². The maximum atomic E-state index is 12.5. The maximum absolute atomic E-state index is 12.5. The summed E-state index contributed by atoms with van der Waals surface area (Å²) in [6.45, 7) is 1.82. The van der Waals surface area contributed by atoms with E-state index in [2.05, 4.69) is 22.6 Å². The number of aromatic nitrogens is 1. The molecule has 2 aromatic rings. The van der Waals surface area contributed by atoms with Crippen LogP contribution < -0.4 is 4.57 Å². The molecule has 108 valence electrons. The number of hydrogen-bond acceptors (Lipinski definition) is 3. The molecule has 1 aromatic carbocycles. The molecule has 20 heavy (non-hydrogen) atoms. The van der Waals surface area contributed by atoms with Gasteiger partial charge in [-0.15, -0.1) is 4.39 Å². The van der Waals surface area contributed by atoms with Crippen molar-refractivity contribution in [2.24, 2.45) is 0 Å². The van der Waals surface area contributed by atoms with Gasteiger partial charge in [-0.05, 0) is 47.7 Å². The molecule has 0 saturated heterocycles. The first-order valence-electron chi connectivity index (χ1n) is 5.57. The molecular formula is C13H13FINO3S. The number of halogens is 2. The molecule has 1 aromatic heterocycles. The minimum atomic E-state index is -4.27. The quantitative estimate of drug-likeness (QED) is 0.252. The van der Waals surface area contributed by atoms with Crippen LogP contribution in [0.5, 0.6) is 0 Å². The fourth-order valence-electron chi connectivity index (χ4n) is 1.26. The van der Waals surface area contributed by atoms with E-state index >= 15 is 0 Å². The highest BCUT2D eigenvalue weighted by Crippen LogP contribution is 2.08. The second-order valence-electron chi connectivity index (χ2n) is 3.88. The molecule has 0 atom stereocenters. The Balaban J connectivity index is 0.000000204. The van der Waals surface area contributed by atoms with Gasteiger partial charge in [0.15, 0.2) is 6.20 Å². The van der Waals surface area contributed by atoms with Crippen LogP contribution in [0.2, 0.25) is 0 Å². The Hall–Kier alpha value is -1.06. The zero-order valence-electron chi connectivity index (χ0n) is 10.7. The van der Waals surface area contributed by atoms with Crippen LogP contribution in [-0.2, 0) is 14.7 Å². The smallest absolute Gasteiger partial charge is 0.360 e. The minimum Gasteiger partial charge on any atom is -0.744 e. The summed E-state index contributed by atoms with van der Waals surface area (Å²) in [4.78, 5) is -0.178. The molecular weight excluding hydrogens is 396 g/mol. The first kappa shape index (κ1) is 17.0. The van der Waals surface area contributed by atoms with E-state index in [4.69, 9.17) is 0 Å². The van der Waals surface area contributed by atoms with Crippen LogP contribution in [-0.4, -0.2) is 13.0 Å². The lowest BCUT2D eigenvalue weighted by Gasteiger charge is -2.05. The average Bonchev–Trinajstić information content (AvgIpc) is 2.39. The number of nitrogens with zero attached hydrogens (tertiary/aromatic N) is 1. The van der Waals surface area contributed by atoms with Crippen molar-refractivity contribution in [3.8, 4) is 0 Å². The Labute approximate surface area is 131 Å². The van der Waals surface area contributed by atoms with E-state index in [1.54, 1.807) is 24.4 Å². The van der Waals surface area contributed by atoms with Gasteiger partial charge < -0.3 is 4.55 Å². The third kappa shape index (κ3) is 5.51. The van der Waals surface area contributed by atoms with Gasteiger partial charge in [0.05, 0.1) is 4.90 Å². The second kappa shape index (κ2) is 7.65. The molecule has 0 aliphatic carbocycles. The summed E-state index contributed by atoms with van der Waals surface area (Å²) in [5, 5.41) is 0. The summed E-state index contributed by atoms with van der Waals surface area (Å²) < 4.78 is 45.9. The largest absolute Gasteiger partial charge is 0.744 e. The molecule has 1 heterocycles. The normalized spacial score (nSPS) is 10.6. The van der Waals surface area contributed by atoms with Gasteiger partial charge in [0, 0.05) is 12.1 Å². The van der Waals surface area contributed by atoms with E-state index < -0.39 is 10.1 Å². The van der Waals surface area contributed by atoms with E-state index in [9.17, 15) is 17.4 Å². The Kier molecular flexibility index (Phi) is 6.50. The van der Waals surface area contributed by atoms with Crippen LogP contribution in [0.3, 0.4) is 0 Å². The molecule has 0 amide bonds. The van der Waals surface area contributed by atoms with Crippen molar-refractivity contribution in [2.45, 2.75) is 16.4 Å². The third-order valence-corrected chi connectivity index (χ3v) is 3.91. The molecule has 0 bridgehead atoms. The van der Waals surface area contributed by atoms with Gasteiger partial charge in [-0.1, -0.05) is 17.7 Å². The molecule has 0 spiro atoms. The molecule has 7 heteroatoms. The molecule has 0 fully saturated rings. The first-order valence-corrected chi connectivity index (χ1v) is 8.50. The summed E-state index contributed by atoms with van der Waals surface area (Å²) in [7, 11) is -4.27. The molecule has 4 nitrogen and oxygen atoms in total. The topological polar surface area (TPSA) is 61.1 Å². The predicted octanol–water partition coefficient (Wildman–Crippen LogP) is 2.40. The lowest BCUT2D eigenvalue weighted by molar-refractivity contribution is -0.699. The molecule has 2 rings (SSSR count). The zero-order chi connectivity index (χ0) is 15.2. The summed E-state index contributed by atoms with van der Waals surface area (Å²) in [6.07, 6.45) is 1.71. The molecule has 0 unspecified atom stereocenters. The van der Waals surface area contributed by atoms with Crippen LogP contribution in [0.4, 0.5) is 4.39 Å². The fraction of sp³-hybridized carbons (Fsp3) is 0.154. The number of rotatable bonds is 2. The third-order valence-electron chi connectivity index (χ3n) is 2.32. The molecule has 0 saturated carbocycles. The summed E-state index contributed by atoms with van der Waals surface area (Å²) in [5.41, 5.74) is 0.928. The highest BCUT2D eigenvalue weighted by atomic mass is 127. The molecule has 0 aliphatic heterocycles. The van der Waals surface area contributed by atoms with Crippen LogP contribution in [0, 0.1) is 12.9 Å². The van der Waals surface area contributed by atoms with Crippen LogP contribution in [0.1, 0.15) is 5.56 Å². The predicted molar refractivity (Wildman–Crippen MR) is 79.8 cm³/mol. The van der Waals surface area contributed by atoms with Gasteiger partial charge in [-0.2, -0.15) is 4.57 Å². The van der Waals surface area contributed by atoms with Gasteiger partial charge in [0.2, 0.25) is 4.55 Å². The lowest BCUT2D eigenvalue weighted by atomic mass is 10.2. The van der Waals surface area contributed by atoms with E-state index in [0.29, 0.717) is 4.55 Å². The van der Waals surface area contributed by atoms with Crippen molar-refractivity contribution in [1.29, 1.82) is 0 Å². The Morgan fingerprint density at radius 3 is 2.20 bits per heavy atom. The van der Waals surface area contributed by atoms with Crippen molar-refractivity contribution in [2.75, 3.05) is 0 Å². The Morgan fingerprint density at radius 2 is 1.80 bits per heavy atom. The maximum Gasteiger partial charge on any atom is 0.360 e. The molecule has 0 aliphatic rings. The van der Waals surface area contributed by atoms with Gasteiger partial charge in [-0.25, -0.2) is 8.42 Å². The molecule has 0 N–H and O–H groups in total. The Morgan fingerprint density at radius 1 is 1.20 bits per heavy atom. The summed E-state index contributed by atoms with van der Waals surface area (Å²) in [5.74, 6) is -0.188. The SMILES string of the molecule is Cc1ccc(S(=O)(=O)[O-])cc1.Fc1cccc[n+]1CI.